The van der Waals surface area contributed by atoms with Gasteiger partial charge in [-0.25, -0.2) is 26.9 Å². The molecule has 0 aliphatic carbocycles. The van der Waals surface area contributed by atoms with Gasteiger partial charge >= 0.3 is 5.91 Å². The number of amides is 1. The average molecular weight is 432 g/mol. The van der Waals surface area contributed by atoms with Gasteiger partial charge in [0, 0.05) is 11.3 Å². The predicted octanol–water partition coefficient (Wildman–Crippen LogP) is 4.07. The molecule has 1 amide bonds. The minimum absolute atomic E-state index is 0.0742. The maximum Gasteiger partial charge on any atom is 0.311 e. The van der Waals surface area contributed by atoms with Crippen LogP contribution in [0.3, 0.4) is 0 Å². The van der Waals surface area contributed by atoms with Crippen LogP contribution in [0.15, 0.2) is 51.5 Å². The molecule has 0 fully saturated rings. The van der Waals surface area contributed by atoms with E-state index in [0.717, 1.165) is 32.3 Å². The molecule has 11 heteroatoms. The fourth-order valence-corrected chi connectivity index (χ4v) is 2.69. The predicted molar refractivity (Wildman–Crippen MR) is 100.0 cm³/mol. The lowest BCUT2D eigenvalue weighted by Crippen LogP contribution is -2.58. The number of hydrogen-bond acceptors (Lipinski definition) is 5. The van der Waals surface area contributed by atoms with Gasteiger partial charge in [-0.05, 0) is 32.9 Å². The summed E-state index contributed by atoms with van der Waals surface area (Å²) in [6.07, 6.45) is 1.56. The van der Waals surface area contributed by atoms with Gasteiger partial charge < -0.3 is 15.5 Å². The Morgan fingerprint density at radius 1 is 1.37 bits per heavy atom. The number of allylic oxidation sites excluding steroid dienone is 3. The summed E-state index contributed by atoms with van der Waals surface area (Å²) in [6, 6.07) is 0. The smallest absolute Gasteiger partial charge is 0.311 e. The maximum atomic E-state index is 14.6. The third-order valence-electron chi connectivity index (χ3n) is 4.69. The highest BCUT2D eigenvalue weighted by atomic mass is 19.3. The maximum absolute atomic E-state index is 14.6. The van der Waals surface area contributed by atoms with Crippen molar-refractivity contribution in [3.63, 3.8) is 0 Å². The van der Waals surface area contributed by atoms with Gasteiger partial charge in [-0.15, -0.1) is 0 Å². The molecule has 1 aromatic rings. The van der Waals surface area contributed by atoms with Crippen LogP contribution in [0.25, 0.3) is 0 Å². The van der Waals surface area contributed by atoms with E-state index in [4.69, 9.17) is 10.2 Å². The zero-order valence-electron chi connectivity index (χ0n) is 16.5. The van der Waals surface area contributed by atoms with Gasteiger partial charge in [0.15, 0.2) is 11.2 Å². The summed E-state index contributed by atoms with van der Waals surface area (Å²) in [6.45, 7) is 5.58. The highest BCUT2D eigenvalue weighted by Gasteiger charge is 2.60. The minimum Gasteiger partial charge on any atom is -0.441 e. The second kappa shape index (κ2) is 8.04. The Bertz CT molecular complexity index is 948. The fraction of sp³-hybridized carbons (Fsp3) is 0.421. The molecule has 0 aromatic carbocycles. The van der Waals surface area contributed by atoms with Gasteiger partial charge in [0.05, 0.1) is 6.42 Å². The van der Waals surface area contributed by atoms with E-state index in [0.29, 0.717) is 0 Å². The van der Waals surface area contributed by atoms with Crippen molar-refractivity contribution >= 4 is 11.7 Å². The largest absolute Gasteiger partial charge is 0.441 e. The molecule has 1 aliphatic rings. The van der Waals surface area contributed by atoms with Gasteiger partial charge in [0.2, 0.25) is 0 Å². The molecule has 2 heterocycles. The van der Waals surface area contributed by atoms with Crippen LogP contribution in [-0.4, -0.2) is 33.9 Å². The van der Waals surface area contributed by atoms with Crippen LogP contribution in [-0.2, 0) is 6.67 Å². The summed E-state index contributed by atoms with van der Waals surface area (Å²) in [4.78, 5) is 19.0. The second-order valence-corrected chi connectivity index (χ2v) is 7.22. The van der Waals surface area contributed by atoms with Crippen LogP contribution in [0.2, 0.25) is 0 Å². The van der Waals surface area contributed by atoms with Crippen molar-refractivity contribution in [1.29, 1.82) is 0 Å². The molecule has 30 heavy (non-hydrogen) atoms. The van der Waals surface area contributed by atoms with E-state index in [1.54, 1.807) is 0 Å². The third kappa shape index (κ3) is 4.44. The molecule has 0 radical (unpaired) electrons. The topological polar surface area (TPSA) is 93.5 Å². The number of alkyl halides is 4. The van der Waals surface area contributed by atoms with Gasteiger partial charge in [-0.2, -0.15) is 0 Å². The first kappa shape index (κ1) is 23.3. The van der Waals surface area contributed by atoms with Crippen molar-refractivity contribution < 1.29 is 31.2 Å². The summed E-state index contributed by atoms with van der Waals surface area (Å²) in [5, 5.41) is 2.31. The second-order valence-electron chi connectivity index (χ2n) is 7.22. The van der Waals surface area contributed by atoms with Crippen LogP contribution >= 0.6 is 0 Å². The molecule has 0 saturated carbocycles. The van der Waals surface area contributed by atoms with Gasteiger partial charge in [-0.3, -0.25) is 9.79 Å². The van der Waals surface area contributed by atoms with Crippen LogP contribution in [0, 0.1) is 0 Å². The highest BCUT2D eigenvalue weighted by molar-refractivity contribution is 5.91. The Kier molecular flexibility index (Phi) is 6.24. The third-order valence-corrected chi connectivity index (χ3v) is 4.69. The van der Waals surface area contributed by atoms with Crippen LogP contribution in [0.5, 0.6) is 0 Å². The monoisotopic (exact) mass is 432 g/mol. The quantitative estimate of drug-likeness (QED) is 0.524. The Morgan fingerprint density at radius 2 is 2.00 bits per heavy atom. The van der Waals surface area contributed by atoms with Crippen LogP contribution < -0.4 is 11.1 Å². The molecule has 0 bridgehead atoms. The van der Waals surface area contributed by atoms with Crippen molar-refractivity contribution in [1.82, 2.24) is 10.3 Å². The van der Waals surface area contributed by atoms with E-state index in [-0.39, 0.29) is 11.4 Å². The SMILES string of the molecule is C=C(/C(F)=C\C=C(/C)NC(=O)c1nc(CF)co1)[C@@]1(C)N=C(N)[C@](C)(F)CC1(F)F. The number of carbonyl (C=O) groups is 1. The number of aliphatic imine (C=N–C) groups is 1. The van der Waals surface area contributed by atoms with Crippen molar-refractivity contribution in [3.8, 4) is 0 Å². The average Bonchev–Trinajstić information content (AvgIpc) is 3.12. The number of hydrogen-bond donors (Lipinski definition) is 2. The zero-order valence-corrected chi connectivity index (χ0v) is 16.5. The van der Waals surface area contributed by atoms with Crippen LogP contribution in [0.4, 0.5) is 22.0 Å². The normalized spacial score (nSPS) is 26.9. The Balaban J connectivity index is 2.20. The molecule has 1 aliphatic heterocycles. The van der Waals surface area contributed by atoms with Crippen LogP contribution in [0.1, 0.15) is 43.6 Å². The van der Waals surface area contributed by atoms with E-state index in [2.05, 4.69) is 21.9 Å². The van der Waals surface area contributed by atoms with Crippen molar-refractivity contribution in [2.24, 2.45) is 10.7 Å². The first-order valence-electron chi connectivity index (χ1n) is 8.71. The van der Waals surface area contributed by atoms with E-state index in [9.17, 15) is 26.7 Å². The lowest BCUT2D eigenvalue weighted by atomic mass is 9.77. The summed E-state index contributed by atoms with van der Waals surface area (Å²) in [5.74, 6) is -6.82. The lowest BCUT2D eigenvalue weighted by molar-refractivity contribution is -0.0896. The number of nitrogens with one attached hydrogen (secondary N) is 1. The van der Waals surface area contributed by atoms with Crippen molar-refractivity contribution in [2.75, 3.05) is 0 Å². The summed E-state index contributed by atoms with van der Waals surface area (Å²) < 4.78 is 75.0. The standard InChI is InChI=1S/C19H21F5N4O2/c1-10(26-14(29)15-27-12(7-20)8-30-15)5-6-13(21)11(2)18(4)19(23,24)9-17(3,22)16(25)28-18/h5-6,8H,2,7,9H2,1,3-4H3,(H2,25,28)(H,26,29)/b10-5+,13-6+/t17-,18-/m1/s1. The first-order chi connectivity index (χ1) is 13.7. The Morgan fingerprint density at radius 3 is 2.57 bits per heavy atom. The summed E-state index contributed by atoms with van der Waals surface area (Å²) in [7, 11) is 0. The molecule has 6 nitrogen and oxygen atoms in total. The van der Waals surface area contributed by atoms with E-state index in [1.165, 1.54) is 6.92 Å². The molecule has 0 spiro atoms. The van der Waals surface area contributed by atoms with E-state index < -0.39 is 59.3 Å². The Hall–Kier alpha value is -2.98. The molecule has 0 unspecified atom stereocenters. The number of oxazole rings is 1. The molecule has 0 saturated heterocycles. The molecule has 1 aromatic heterocycles. The lowest BCUT2D eigenvalue weighted by Gasteiger charge is -2.42. The van der Waals surface area contributed by atoms with Crippen molar-refractivity contribution in [2.45, 2.75) is 51.0 Å². The molecule has 3 N–H and O–H groups in total. The van der Waals surface area contributed by atoms with Crippen molar-refractivity contribution in [3.05, 3.63) is 53.7 Å². The van der Waals surface area contributed by atoms with E-state index in [1.807, 2.05) is 0 Å². The molecular weight excluding hydrogens is 411 g/mol. The zero-order chi connectivity index (χ0) is 22.9. The number of aromatic nitrogens is 1. The number of amidine groups is 1. The minimum atomic E-state index is -3.76. The molecule has 164 valence electrons. The summed E-state index contributed by atoms with van der Waals surface area (Å²) >= 11 is 0. The number of halogens is 5. The molecule has 2 rings (SSSR count). The summed E-state index contributed by atoms with van der Waals surface area (Å²) in [5.41, 5.74) is -0.255. The van der Waals surface area contributed by atoms with E-state index >= 15 is 0 Å². The van der Waals surface area contributed by atoms with Gasteiger partial charge in [0.1, 0.15) is 30.3 Å². The number of nitrogens with zero attached hydrogens (tertiary/aromatic N) is 2. The molecule has 2 atom stereocenters. The fourth-order valence-electron chi connectivity index (χ4n) is 2.69. The van der Waals surface area contributed by atoms with Gasteiger partial charge in [-0.1, -0.05) is 6.58 Å². The first-order valence-corrected chi connectivity index (χ1v) is 8.71. The van der Waals surface area contributed by atoms with Gasteiger partial charge in [0.25, 0.3) is 11.8 Å². The highest BCUT2D eigenvalue weighted by Crippen LogP contribution is 2.48. The Labute approximate surface area is 169 Å². The molecular formula is C19H21F5N4O2. The number of carbonyl (C=O) groups excluding carboxylic acids is 1. The number of rotatable bonds is 6. The number of nitrogens with two attached hydrogens (primary N) is 1.